The number of carboxylic acids is 1. The average Bonchev–Trinajstić information content (AvgIpc) is 3.46. The highest BCUT2D eigenvalue weighted by Gasteiger charge is 2.47. The Morgan fingerprint density at radius 2 is 1.89 bits per heavy atom. The number of ether oxygens (including phenoxy) is 1. The van der Waals surface area contributed by atoms with E-state index in [9.17, 15) is 35.5 Å². The molecule has 1 aromatic carbocycles. The van der Waals surface area contributed by atoms with Crippen molar-refractivity contribution in [3.05, 3.63) is 60.1 Å². The number of thiazole rings is 1. The van der Waals surface area contributed by atoms with Crippen LogP contribution in [0.1, 0.15) is 16.8 Å². The molecule has 1 saturated heterocycles. The molecule has 16 heteroatoms. The minimum absolute atomic E-state index is 0.144. The number of hydrogen-bond donors (Lipinski definition) is 1. The number of carbonyl (C=O) groups is 2. The Bertz CT molecular complexity index is 1500. The van der Waals surface area contributed by atoms with Crippen LogP contribution in [0.2, 0.25) is 0 Å². The SMILES string of the molecule is O=C(O)C(F)(F)F.O=C(c1cccn2ccnc12)N1CCC(F)(F)[C@@H](Oc2nc3c(F)cc(F)cc3s2)C1. The second-order valence-electron chi connectivity index (χ2n) is 7.97. The number of halogens is 7. The highest BCUT2D eigenvalue weighted by atomic mass is 32.1. The van der Waals surface area contributed by atoms with Gasteiger partial charge >= 0.3 is 12.1 Å². The molecule has 1 amide bonds. The number of fused-ring (bicyclic) bond motifs is 2. The van der Waals surface area contributed by atoms with Crippen LogP contribution >= 0.6 is 11.3 Å². The van der Waals surface area contributed by atoms with E-state index in [1.807, 2.05) is 0 Å². The number of piperidine rings is 1. The van der Waals surface area contributed by atoms with Gasteiger partial charge in [0.15, 0.2) is 11.9 Å². The van der Waals surface area contributed by atoms with Crippen molar-refractivity contribution in [2.24, 2.45) is 0 Å². The number of amides is 1. The number of nitrogens with zero attached hydrogens (tertiary/aromatic N) is 4. The van der Waals surface area contributed by atoms with E-state index in [4.69, 9.17) is 14.6 Å². The quantitative estimate of drug-likeness (QED) is 0.360. The topological polar surface area (TPSA) is 97.0 Å². The first-order valence-electron chi connectivity index (χ1n) is 10.6. The van der Waals surface area contributed by atoms with Crippen LogP contribution in [0.4, 0.5) is 30.7 Å². The van der Waals surface area contributed by atoms with Crippen LogP contribution in [-0.4, -0.2) is 67.5 Å². The predicted molar refractivity (Wildman–Crippen MR) is 118 cm³/mol. The minimum Gasteiger partial charge on any atom is -0.475 e. The van der Waals surface area contributed by atoms with Gasteiger partial charge in [0.05, 0.1) is 16.8 Å². The highest BCUT2D eigenvalue weighted by Crippen LogP contribution is 2.36. The normalized spacial score (nSPS) is 17.2. The third-order valence-corrected chi connectivity index (χ3v) is 6.28. The van der Waals surface area contributed by atoms with Gasteiger partial charge in [-0.15, -0.1) is 0 Å². The number of carbonyl (C=O) groups excluding carboxylic acids is 1. The number of imidazole rings is 1. The van der Waals surface area contributed by atoms with Crippen LogP contribution in [-0.2, 0) is 4.79 Å². The van der Waals surface area contributed by atoms with Crippen LogP contribution in [0, 0.1) is 11.6 Å². The zero-order valence-corrected chi connectivity index (χ0v) is 19.6. The summed E-state index contributed by atoms with van der Waals surface area (Å²) in [5.74, 6) is -8.13. The first kappa shape index (κ1) is 27.1. The fourth-order valence-electron chi connectivity index (χ4n) is 3.57. The number of aliphatic carboxylic acids is 1. The summed E-state index contributed by atoms with van der Waals surface area (Å²) < 4.78 is 95.3. The van der Waals surface area contributed by atoms with Gasteiger partial charge in [-0.3, -0.25) is 4.79 Å². The van der Waals surface area contributed by atoms with Crippen LogP contribution in [0.15, 0.2) is 42.9 Å². The zero-order chi connectivity index (χ0) is 27.8. The van der Waals surface area contributed by atoms with Crippen LogP contribution in [0.5, 0.6) is 5.19 Å². The van der Waals surface area contributed by atoms with Crippen LogP contribution < -0.4 is 4.74 Å². The minimum atomic E-state index is -5.08. The lowest BCUT2D eigenvalue weighted by atomic mass is 10.0. The van der Waals surface area contributed by atoms with E-state index >= 15 is 0 Å². The van der Waals surface area contributed by atoms with Gasteiger partial charge in [0, 0.05) is 37.6 Å². The Morgan fingerprint density at radius 1 is 1.18 bits per heavy atom. The lowest BCUT2D eigenvalue weighted by Crippen LogP contribution is -2.55. The molecule has 38 heavy (non-hydrogen) atoms. The van der Waals surface area contributed by atoms with E-state index in [1.54, 1.807) is 28.9 Å². The van der Waals surface area contributed by atoms with Crippen molar-refractivity contribution >= 4 is 39.1 Å². The monoisotopic (exact) mass is 564 g/mol. The zero-order valence-electron chi connectivity index (χ0n) is 18.8. The van der Waals surface area contributed by atoms with Crippen molar-refractivity contribution in [1.29, 1.82) is 0 Å². The van der Waals surface area contributed by atoms with Gasteiger partial charge in [0.2, 0.25) is 0 Å². The Kier molecular flexibility index (Phi) is 7.18. The summed E-state index contributed by atoms with van der Waals surface area (Å²) in [5.41, 5.74) is 0.555. The summed E-state index contributed by atoms with van der Waals surface area (Å²) in [6.07, 6.45) is -2.42. The summed E-state index contributed by atoms with van der Waals surface area (Å²) in [6, 6.07) is 4.97. The second-order valence-corrected chi connectivity index (χ2v) is 8.96. The lowest BCUT2D eigenvalue weighted by molar-refractivity contribution is -0.192. The number of hydrogen-bond acceptors (Lipinski definition) is 6. The molecule has 0 radical (unpaired) electrons. The Hall–Kier alpha value is -3.95. The molecule has 4 heterocycles. The Morgan fingerprint density at radius 3 is 2.58 bits per heavy atom. The number of aromatic nitrogens is 3. The molecule has 8 nitrogen and oxygen atoms in total. The molecule has 5 rings (SSSR count). The molecule has 0 unspecified atom stereocenters. The molecule has 1 aliphatic heterocycles. The number of alkyl halides is 5. The molecule has 4 aromatic rings. The molecular weight excluding hydrogens is 549 g/mol. The van der Waals surface area contributed by atoms with Gasteiger partial charge in [0.1, 0.15) is 17.0 Å². The fraction of sp³-hybridized carbons (Fsp3) is 0.273. The maximum Gasteiger partial charge on any atom is 0.490 e. The molecule has 0 aliphatic carbocycles. The summed E-state index contributed by atoms with van der Waals surface area (Å²) in [4.78, 5) is 31.2. The average molecular weight is 564 g/mol. The predicted octanol–water partition coefficient (Wildman–Crippen LogP) is 4.78. The molecule has 0 bridgehead atoms. The number of likely N-dealkylation sites (tertiary alicyclic amines) is 1. The lowest BCUT2D eigenvalue weighted by Gasteiger charge is -2.37. The Balaban J connectivity index is 0.000000426. The molecule has 1 fully saturated rings. The first-order chi connectivity index (χ1) is 17.8. The van der Waals surface area contributed by atoms with E-state index in [-0.39, 0.29) is 34.1 Å². The number of benzene rings is 1. The fourth-order valence-corrected chi connectivity index (χ4v) is 4.47. The van der Waals surface area contributed by atoms with Gasteiger partial charge in [-0.2, -0.15) is 18.2 Å². The largest absolute Gasteiger partial charge is 0.490 e. The molecule has 202 valence electrons. The van der Waals surface area contributed by atoms with Crippen molar-refractivity contribution < 1.29 is 50.2 Å². The molecule has 3 aromatic heterocycles. The maximum absolute atomic E-state index is 14.6. The van der Waals surface area contributed by atoms with Gasteiger partial charge in [0.25, 0.3) is 17.0 Å². The summed E-state index contributed by atoms with van der Waals surface area (Å²) in [6.45, 7) is -0.548. The molecular formula is C22H15F7N4O4S. The third-order valence-electron chi connectivity index (χ3n) is 5.39. The highest BCUT2D eigenvalue weighted by molar-refractivity contribution is 7.20. The van der Waals surface area contributed by atoms with E-state index in [0.29, 0.717) is 11.7 Å². The van der Waals surface area contributed by atoms with Gasteiger partial charge < -0.3 is 19.1 Å². The third kappa shape index (κ3) is 5.64. The Labute approximate surface area is 211 Å². The van der Waals surface area contributed by atoms with Crippen molar-refractivity contribution in [2.45, 2.75) is 24.6 Å². The number of carboxylic acid groups (broad SMARTS) is 1. The number of rotatable bonds is 3. The molecule has 0 spiro atoms. The van der Waals surface area contributed by atoms with Crippen molar-refractivity contribution in [3.8, 4) is 5.19 Å². The van der Waals surface area contributed by atoms with E-state index in [0.717, 1.165) is 17.4 Å². The molecule has 1 atom stereocenters. The molecule has 1 aliphatic rings. The summed E-state index contributed by atoms with van der Waals surface area (Å²) in [5, 5.41) is 6.91. The standard InChI is InChI=1S/C20H14F4N4O2S.C2HF3O2/c21-11-8-13(22)16-14(9-11)31-19(26-16)30-15-10-28(6-3-20(15,23)24)18(29)12-2-1-5-27-7-4-25-17(12)27;3-2(4,5)1(6)7/h1-2,4-5,7-9,15H,3,6,10H2;(H,6,7)/t15-;/m0./s1. The van der Waals surface area contributed by atoms with Gasteiger partial charge in [-0.05, 0) is 18.2 Å². The van der Waals surface area contributed by atoms with Gasteiger partial charge in [-0.25, -0.2) is 27.3 Å². The van der Waals surface area contributed by atoms with E-state index < -0.39 is 48.1 Å². The first-order valence-corrected chi connectivity index (χ1v) is 11.4. The van der Waals surface area contributed by atoms with Crippen molar-refractivity contribution in [2.75, 3.05) is 13.1 Å². The van der Waals surface area contributed by atoms with E-state index in [2.05, 4.69) is 9.97 Å². The molecule has 1 N–H and O–H groups in total. The maximum atomic E-state index is 14.6. The van der Waals surface area contributed by atoms with Crippen molar-refractivity contribution in [1.82, 2.24) is 19.3 Å². The van der Waals surface area contributed by atoms with Crippen LogP contribution in [0.3, 0.4) is 0 Å². The van der Waals surface area contributed by atoms with Crippen LogP contribution in [0.25, 0.3) is 15.9 Å². The summed E-state index contributed by atoms with van der Waals surface area (Å²) >= 11 is 0.766. The summed E-state index contributed by atoms with van der Waals surface area (Å²) in [7, 11) is 0. The van der Waals surface area contributed by atoms with Crippen molar-refractivity contribution in [3.63, 3.8) is 0 Å². The van der Waals surface area contributed by atoms with Gasteiger partial charge in [-0.1, -0.05) is 11.3 Å². The van der Waals surface area contributed by atoms with E-state index in [1.165, 1.54) is 11.1 Å². The number of pyridine rings is 1. The molecule has 0 saturated carbocycles. The smallest absolute Gasteiger partial charge is 0.475 e. The second kappa shape index (κ2) is 10.1.